The van der Waals surface area contributed by atoms with Crippen LogP contribution in [0.5, 0.6) is 0 Å². The van der Waals surface area contributed by atoms with Crippen LogP contribution in [0.3, 0.4) is 0 Å². The Hall–Kier alpha value is -7.48. The van der Waals surface area contributed by atoms with E-state index in [4.69, 9.17) is 0 Å². The Balaban J connectivity index is 1.18. The summed E-state index contributed by atoms with van der Waals surface area (Å²) >= 11 is 0. The van der Waals surface area contributed by atoms with Gasteiger partial charge in [-0.3, -0.25) is 0 Å². The van der Waals surface area contributed by atoms with Gasteiger partial charge in [-0.25, -0.2) is 0 Å². The second-order valence-corrected chi connectivity index (χ2v) is 17.2. The number of rotatable bonds is 6. The van der Waals surface area contributed by atoms with E-state index in [0.29, 0.717) is 0 Å². The maximum Gasteiger partial charge on any atom is 0.0714 e. The first-order chi connectivity index (χ1) is 30.0. The van der Waals surface area contributed by atoms with Crippen molar-refractivity contribution in [2.45, 2.75) is 24.7 Å². The van der Waals surface area contributed by atoms with E-state index in [1.807, 2.05) is 0 Å². The second-order valence-electron chi connectivity index (χ2n) is 17.2. The highest BCUT2D eigenvalue weighted by molar-refractivity contribution is 6.08. The highest BCUT2D eigenvalue weighted by Crippen LogP contribution is 2.62. The molecule has 0 N–H and O–H groups in total. The van der Waals surface area contributed by atoms with Crippen molar-refractivity contribution in [1.82, 2.24) is 0 Å². The lowest BCUT2D eigenvalue weighted by Gasteiger charge is -2.35. The lowest BCUT2D eigenvalue weighted by atomic mass is 9.68. The summed E-state index contributed by atoms with van der Waals surface area (Å²) in [5.74, 6) is 0. The molecule has 0 bridgehead atoms. The van der Waals surface area contributed by atoms with E-state index >= 15 is 0 Å². The Morgan fingerprint density at radius 1 is 0.361 bits per heavy atom. The van der Waals surface area contributed by atoms with Gasteiger partial charge in [0.25, 0.3) is 0 Å². The summed E-state index contributed by atoms with van der Waals surface area (Å²) in [6, 6.07) is 83.6. The van der Waals surface area contributed by atoms with Crippen LogP contribution in [-0.2, 0) is 10.8 Å². The molecule has 288 valence electrons. The average molecular weight is 778 g/mol. The van der Waals surface area contributed by atoms with Crippen LogP contribution in [0, 0.1) is 0 Å². The third-order valence-corrected chi connectivity index (χ3v) is 13.7. The van der Waals surface area contributed by atoms with Crippen LogP contribution in [0.25, 0.3) is 54.9 Å². The predicted molar refractivity (Wildman–Crippen MR) is 256 cm³/mol. The molecule has 0 saturated carbocycles. The van der Waals surface area contributed by atoms with E-state index in [0.717, 1.165) is 11.4 Å². The SMILES string of the molecule is CC1(C)c2ccccc2-c2c(N(c3ccc(-c4ccc5ccccc5c4)cc3)c3cccc4c3-c3ccccc3C4(c3ccccc3)c3ccccc3)cc3ccccc3c21. The molecule has 0 saturated heterocycles. The number of hydrogen-bond donors (Lipinski definition) is 0. The number of hydrogen-bond acceptors (Lipinski definition) is 1. The van der Waals surface area contributed by atoms with Crippen molar-refractivity contribution in [3.05, 3.63) is 258 Å². The van der Waals surface area contributed by atoms with E-state index in [9.17, 15) is 0 Å². The summed E-state index contributed by atoms with van der Waals surface area (Å²) in [7, 11) is 0. The Labute approximate surface area is 357 Å². The summed E-state index contributed by atoms with van der Waals surface area (Å²) < 4.78 is 0. The highest BCUT2D eigenvalue weighted by atomic mass is 15.1. The standard InChI is InChI=1S/C60H43N/c1-59(2)51-28-15-13-26-49(51)57-55(39-44-20-11-12-25-48(44)58(57)59)61(47-36-34-41(35-37-47)43-33-32-40-18-9-10-19-42(40)38-43)54-31-17-30-53-56(54)50-27-14-16-29-52(50)60(53,45-21-5-3-6-22-45)46-23-7-4-8-24-46/h3-39H,1-2H3. The normalized spacial score (nSPS) is 14.0. The topological polar surface area (TPSA) is 3.24 Å². The maximum atomic E-state index is 2.58. The minimum atomic E-state index is -0.518. The van der Waals surface area contributed by atoms with E-state index in [2.05, 4.69) is 243 Å². The molecule has 0 radical (unpaired) electrons. The van der Waals surface area contributed by atoms with Gasteiger partial charge in [-0.1, -0.05) is 208 Å². The van der Waals surface area contributed by atoms with Crippen molar-refractivity contribution < 1.29 is 0 Å². The van der Waals surface area contributed by atoms with Crippen molar-refractivity contribution in [1.29, 1.82) is 0 Å². The van der Waals surface area contributed by atoms with Gasteiger partial charge in [0.2, 0.25) is 0 Å². The Kier molecular flexibility index (Phi) is 7.86. The van der Waals surface area contributed by atoms with Crippen LogP contribution in [0.1, 0.15) is 47.2 Å². The first kappa shape index (κ1) is 35.5. The van der Waals surface area contributed by atoms with Gasteiger partial charge in [0.15, 0.2) is 0 Å². The lowest BCUT2D eigenvalue weighted by molar-refractivity contribution is 0.666. The lowest BCUT2D eigenvalue weighted by Crippen LogP contribution is -2.28. The quantitative estimate of drug-likeness (QED) is 0.163. The van der Waals surface area contributed by atoms with Gasteiger partial charge >= 0.3 is 0 Å². The van der Waals surface area contributed by atoms with Crippen LogP contribution in [0.15, 0.2) is 224 Å². The van der Waals surface area contributed by atoms with E-state index in [1.54, 1.807) is 0 Å². The molecule has 0 heterocycles. The Bertz CT molecular complexity index is 3280. The molecule has 0 aliphatic heterocycles. The van der Waals surface area contributed by atoms with Crippen molar-refractivity contribution in [2.75, 3.05) is 4.90 Å². The molecule has 61 heavy (non-hydrogen) atoms. The summed E-state index contributed by atoms with van der Waals surface area (Å²) in [6.45, 7) is 4.81. The van der Waals surface area contributed by atoms with Gasteiger partial charge in [-0.05, 0) is 108 Å². The van der Waals surface area contributed by atoms with Crippen molar-refractivity contribution >= 4 is 38.6 Å². The molecule has 2 aliphatic carbocycles. The van der Waals surface area contributed by atoms with Crippen LogP contribution in [0.2, 0.25) is 0 Å². The van der Waals surface area contributed by atoms with Gasteiger partial charge < -0.3 is 4.90 Å². The molecule has 0 unspecified atom stereocenters. The van der Waals surface area contributed by atoms with Gasteiger partial charge in [-0.15, -0.1) is 0 Å². The van der Waals surface area contributed by atoms with Gasteiger partial charge in [0, 0.05) is 22.2 Å². The zero-order chi connectivity index (χ0) is 40.7. The third kappa shape index (κ3) is 5.14. The fourth-order valence-electron chi connectivity index (χ4n) is 11.1. The first-order valence-electron chi connectivity index (χ1n) is 21.4. The summed E-state index contributed by atoms with van der Waals surface area (Å²) in [5.41, 5.74) is 18.2. The van der Waals surface area contributed by atoms with E-state index in [1.165, 1.54) is 94.0 Å². The molecular formula is C60H43N. The zero-order valence-electron chi connectivity index (χ0n) is 34.3. The van der Waals surface area contributed by atoms with Crippen molar-refractivity contribution in [3.8, 4) is 33.4 Å². The molecule has 0 atom stereocenters. The number of anilines is 3. The largest absolute Gasteiger partial charge is 0.309 e. The predicted octanol–water partition coefficient (Wildman–Crippen LogP) is 15.8. The van der Waals surface area contributed by atoms with Gasteiger partial charge in [0.1, 0.15) is 0 Å². The first-order valence-corrected chi connectivity index (χ1v) is 21.4. The second kappa shape index (κ2) is 13.5. The molecule has 10 aromatic rings. The molecule has 0 spiro atoms. The molecule has 0 aromatic heterocycles. The van der Waals surface area contributed by atoms with Crippen LogP contribution in [0.4, 0.5) is 17.1 Å². The van der Waals surface area contributed by atoms with Crippen LogP contribution < -0.4 is 4.90 Å². The van der Waals surface area contributed by atoms with Crippen molar-refractivity contribution in [3.63, 3.8) is 0 Å². The Morgan fingerprint density at radius 3 is 1.64 bits per heavy atom. The molecule has 0 fully saturated rings. The van der Waals surface area contributed by atoms with Crippen molar-refractivity contribution in [2.24, 2.45) is 0 Å². The van der Waals surface area contributed by atoms with Crippen LogP contribution in [-0.4, -0.2) is 0 Å². The van der Waals surface area contributed by atoms with E-state index < -0.39 is 5.41 Å². The molecule has 10 aromatic carbocycles. The fourth-order valence-corrected chi connectivity index (χ4v) is 11.1. The monoisotopic (exact) mass is 777 g/mol. The molecule has 0 amide bonds. The minimum absolute atomic E-state index is 0.200. The highest BCUT2D eigenvalue weighted by Gasteiger charge is 2.48. The smallest absolute Gasteiger partial charge is 0.0714 e. The summed E-state index contributed by atoms with van der Waals surface area (Å²) in [4.78, 5) is 2.58. The minimum Gasteiger partial charge on any atom is -0.309 e. The zero-order valence-corrected chi connectivity index (χ0v) is 34.3. The summed E-state index contributed by atoms with van der Waals surface area (Å²) in [5, 5.41) is 5.05. The molecule has 2 aliphatic rings. The third-order valence-electron chi connectivity index (χ3n) is 13.7. The molecular weight excluding hydrogens is 735 g/mol. The average Bonchev–Trinajstić information content (AvgIpc) is 3.76. The number of fused-ring (bicyclic) bond motifs is 9. The maximum absolute atomic E-state index is 2.58. The Morgan fingerprint density at radius 2 is 0.918 bits per heavy atom. The summed E-state index contributed by atoms with van der Waals surface area (Å²) in [6.07, 6.45) is 0. The van der Waals surface area contributed by atoms with Gasteiger partial charge in [0.05, 0.1) is 16.8 Å². The van der Waals surface area contributed by atoms with Gasteiger partial charge in [-0.2, -0.15) is 0 Å². The molecule has 1 heteroatoms. The number of benzene rings is 10. The van der Waals surface area contributed by atoms with E-state index in [-0.39, 0.29) is 5.41 Å². The molecule has 12 rings (SSSR count). The van der Waals surface area contributed by atoms with Crippen LogP contribution >= 0.6 is 0 Å². The number of nitrogens with zero attached hydrogens (tertiary/aromatic N) is 1. The molecule has 1 nitrogen and oxygen atoms in total. The fraction of sp³-hybridized carbons (Fsp3) is 0.0667.